The average Bonchev–Trinajstić information content (AvgIpc) is 2.32. The minimum Gasteiger partial charge on any atom is -0.367 e. The zero-order chi connectivity index (χ0) is 14.5. The van der Waals surface area contributed by atoms with Crippen molar-refractivity contribution in [1.82, 2.24) is 9.97 Å². The van der Waals surface area contributed by atoms with Crippen LogP contribution in [0.5, 0.6) is 0 Å². The molecule has 0 spiro atoms. The molecule has 2 N–H and O–H groups in total. The molecule has 0 aromatic carbocycles. The van der Waals surface area contributed by atoms with Gasteiger partial charge < -0.3 is 10.6 Å². The van der Waals surface area contributed by atoms with Crippen LogP contribution in [0.2, 0.25) is 0 Å². The minimum absolute atomic E-state index is 0.00836. The molecule has 1 aromatic rings. The SMILES string of the molecule is CNc1ncnc(NCCSC(F)(F)F)c1[N+](=O)[O-]. The molecule has 1 heterocycles. The monoisotopic (exact) mass is 297 g/mol. The molecule has 0 amide bonds. The molecule has 0 radical (unpaired) electrons. The molecule has 1 rings (SSSR count). The van der Waals surface area contributed by atoms with Crippen LogP contribution in [0.25, 0.3) is 0 Å². The van der Waals surface area contributed by atoms with Gasteiger partial charge in [0.15, 0.2) is 0 Å². The lowest BCUT2D eigenvalue weighted by molar-refractivity contribution is -0.383. The van der Waals surface area contributed by atoms with E-state index in [0.29, 0.717) is 0 Å². The van der Waals surface area contributed by atoms with Gasteiger partial charge in [-0.1, -0.05) is 0 Å². The summed E-state index contributed by atoms with van der Waals surface area (Å²) in [5, 5.41) is 15.9. The largest absolute Gasteiger partial charge is 0.441 e. The number of alkyl halides is 3. The molecule has 0 aliphatic carbocycles. The Morgan fingerprint density at radius 1 is 1.42 bits per heavy atom. The lowest BCUT2D eigenvalue weighted by Crippen LogP contribution is -2.12. The van der Waals surface area contributed by atoms with Crippen molar-refractivity contribution in [2.24, 2.45) is 0 Å². The van der Waals surface area contributed by atoms with E-state index in [2.05, 4.69) is 20.6 Å². The van der Waals surface area contributed by atoms with Gasteiger partial charge in [0.2, 0.25) is 11.6 Å². The number of rotatable bonds is 6. The van der Waals surface area contributed by atoms with Crippen molar-refractivity contribution in [3.63, 3.8) is 0 Å². The molecular formula is C8H10F3N5O2S. The molecule has 0 atom stereocenters. The lowest BCUT2D eigenvalue weighted by atomic mass is 10.4. The first kappa shape index (κ1) is 15.3. The van der Waals surface area contributed by atoms with Crippen LogP contribution in [-0.4, -0.2) is 39.7 Å². The maximum absolute atomic E-state index is 11.9. The Morgan fingerprint density at radius 2 is 2.05 bits per heavy atom. The first-order valence-electron chi connectivity index (χ1n) is 4.97. The Balaban J connectivity index is 2.70. The zero-order valence-electron chi connectivity index (χ0n) is 9.69. The number of nitrogens with zero attached hydrogens (tertiary/aromatic N) is 3. The molecule has 0 saturated carbocycles. The quantitative estimate of drug-likeness (QED) is 0.472. The van der Waals surface area contributed by atoms with Gasteiger partial charge in [-0.25, -0.2) is 9.97 Å². The summed E-state index contributed by atoms with van der Waals surface area (Å²) in [6.45, 7) is -0.106. The number of halogens is 3. The Hall–Kier alpha value is -1.78. The summed E-state index contributed by atoms with van der Waals surface area (Å²) in [5.74, 6) is -0.405. The van der Waals surface area contributed by atoms with Gasteiger partial charge in [-0.2, -0.15) is 13.2 Å². The highest BCUT2D eigenvalue weighted by atomic mass is 32.2. The van der Waals surface area contributed by atoms with Crippen LogP contribution >= 0.6 is 11.8 Å². The Morgan fingerprint density at radius 3 is 2.58 bits per heavy atom. The second-order valence-electron chi connectivity index (χ2n) is 3.15. The fourth-order valence-corrected chi connectivity index (χ4v) is 1.64. The molecule has 7 nitrogen and oxygen atoms in total. The summed E-state index contributed by atoms with van der Waals surface area (Å²) < 4.78 is 35.7. The Bertz CT molecular complexity index is 457. The molecular weight excluding hydrogens is 287 g/mol. The highest BCUT2D eigenvalue weighted by Crippen LogP contribution is 2.31. The smallest absolute Gasteiger partial charge is 0.367 e. The average molecular weight is 297 g/mol. The molecule has 0 aliphatic rings. The number of hydrogen-bond donors (Lipinski definition) is 2. The maximum Gasteiger partial charge on any atom is 0.441 e. The van der Waals surface area contributed by atoms with Crippen LogP contribution in [0, 0.1) is 10.1 Å². The molecule has 19 heavy (non-hydrogen) atoms. The van der Waals surface area contributed by atoms with Crippen molar-refractivity contribution < 1.29 is 18.1 Å². The highest BCUT2D eigenvalue weighted by Gasteiger charge is 2.28. The van der Waals surface area contributed by atoms with Crippen LogP contribution < -0.4 is 10.6 Å². The summed E-state index contributed by atoms with van der Waals surface area (Å²) in [6.07, 6.45) is 1.08. The van der Waals surface area contributed by atoms with E-state index in [9.17, 15) is 23.3 Å². The Kier molecular flexibility index (Phi) is 5.15. The van der Waals surface area contributed by atoms with E-state index in [1.807, 2.05) is 0 Å². The summed E-state index contributed by atoms with van der Waals surface area (Å²) in [6, 6.07) is 0. The molecule has 11 heteroatoms. The second-order valence-corrected chi connectivity index (χ2v) is 4.31. The number of thioether (sulfide) groups is 1. The standard InChI is InChI=1S/C8H10F3N5O2S/c1-12-6-5(16(17)18)7(15-4-14-6)13-2-3-19-8(9,10)11/h4H,2-3H2,1H3,(H2,12,13,14,15). The van der Waals surface area contributed by atoms with E-state index in [4.69, 9.17) is 0 Å². The first-order chi connectivity index (χ1) is 8.85. The third-order valence-electron chi connectivity index (χ3n) is 1.90. The van der Waals surface area contributed by atoms with Gasteiger partial charge in [0.25, 0.3) is 0 Å². The summed E-state index contributed by atoms with van der Waals surface area (Å²) in [5.41, 5.74) is -4.72. The van der Waals surface area contributed by atoms with Gasteiger partial charge >= 0.3 is 11.2 Å². The number of nitrogens with one attached hydrogen (secondary N) is 2. The number of aromatic nitrogens is 2. The fraction of sp³-hybridized carbons (Fsp3) is 0.500. The van der Waals surface area contributed by atoms with Crippen molar-refractivity contribution in [3.8, 4) is 0 Å². The van der Waals surface area contributed by atoms with Crippen molar-refractivity contribution in [1.29, 1.82) is 0 Å². The highest BCUT2D eigenvalue weighted by molar-refractivity contribution is 8.00. The second kappa shape index (κ2) is 6.41. The maximum atomic E-state index is 11.9. The molecule has 0 unspecified atom stereocenters. The normalized spacial score (nSPS) is 11.2. The van der Waals surface area contributed by atoms with Crippen molar-refractivity contribution in [2.75, 3.05) is 30.0 Å². The summed E-state index contributed by atoms with van der Waals surface area (Å²) in [4.78, 5) is 17.5. The fourth-order valence-electron chi connectivity index (χ4n) is 1.20. The van der Waals surface area contributed by atoms with E-state index in [1.165, 1.54) is 7.05 Å². The van der Waals surface area contributed by atoms with Crippen LogP contribution in [-0.2, 0) is 0 Å². The van der Waals surface area contributed by atoms with Crippen molar-refractivity contribution in [3.05, 3.63) is 16.4 Å². The number of anilines is 2. The van der Waals surface area contributed by atoms with E-state index in [0.717, 1.165) is 6.33 Å². The molecule has 0 bridgehead atoms. The lowest BCUT2D eigenvalue weighted by Gasteiger charge is -2.09. The topological polar surface area (TPSA) is 93.0 Å². The Labute approximate surface area is 110 Å². The van der Waals surface area contributed by atoms with E-state index in [1.54, 1.807) is 0 Å². The molecule has 0 aliphatic heterocycles. The van der Waals surface area contributed by atoms with Crippen LogP contribution in [0.3, 0.4) is 0 Å². The first-order valence-corrected chi connectivity index (χ1v) is 5.95. The van der Waals surface area contributed by atoms with E-state index < -0.39 is 16.1 Å². The van der Waals surface area contributed by atoms with Crippen LogP contribution in [0.1, 0.15) is 0 Å². The van der Waals surface area contributed by atoms with Crippen LogP contribution in [0.15, 0.2) is 6.33 Å². The summed E-state index contributed by atoms with van der Waals surface area (Å²) >= 11 is -0.214. The zero-order valence-corrected chi connectivity index (χ0v) is 10.5. The van der Waals surface area contributed by atoms with Gasteiger partial charge in [0.05, 0.1) is 4.92 Å². The van der Waals surface area contributed by atoms with E-state index in [-0.39, 0.29) is 35.7 Å². The van der Waals surface area contributed by atoms with Crippen molar-refractivity contribution >= 4 is 29.1 Å². The van der Waals surface area contributed by atoms with Gasteiger partial charge in [-0.3, -0.25) is 10.1 Å². The number of hydrogen-bond acceptors (Lipinski definition) is 7. The molecule has 1 aromatic heterocycles. The summed E-state index contributed by atoms with van der Waals surface area (Å²) in [7, 11) is 1.44. The predicted octanol–water partition coefficient (Wildman–Crippen LogP) is 2.09. The minimum atomic E-state index is -4.32. The predicted molar refractivity (Wildman–Crippen MR) is 65.2 cm³/mol. The van der Waals surface area contributed by atoms with Gasteiger partial charge in [-0.15, -0.1) is 0 Å². The van der Waals surface area contributed by atoms with Gasteiger partial charge in [-0.05, 0) is 11.8 Å². The molecule has 106 valence electrons. The molecule has 0 fully saturated rings. The van der Waals surface area contributed by atoms with E-state index >= 15 is 0 Å². The third-order valence-corrected chi connectivity index (χ3v) is 2.64. The number of nitro groups is 1. The van der Waals surface area contributed by atoms with Crippen LogP contribution in [0.4, 0.5) is 30.5 Å². The van der Waals surface area contributed by atoms with Gasteiger partial charge in [0.1, 0.15) is 6.33 Å². The molecule has 0 saturated heterocycles. The van der Waals surface area contributed by atoms with Gasteiger partial charge in [0, 0.05) is 19.3 Å². The third kappa shape index (κ3) is 4.77. The van der Waals surface area contributed by atoms with Crippen molar-refractivity contribution in [2.45, 2.75) is 5.51 Å².